The van der Waals surface area contributed by atoms with Crippen molar-refractivity contribution in [1.29, 1.82) is 0 Å². The first-order valence-electron chi connectivity index (χ1n) is 4.20. The first-order chi connectivity index (χ1) is 6.74. The van der Waals surface area contributed by atoms with E-state index in [0.717, 1.165) is 0 Å². The molecule has 0 spiro atoms. The fourth-order valence-corrected chi connectivity index (χ4v) is 0.853. The zero-order valence-corrected chi connectivity index (χ0v) is 7.71. The molecule has 0 fully saturated rings. The van der Waals surface area contributed by atoms with Crippen molar-refractivity contribution in [2.75, 3.05) is 6.61 Å². The van der Waals surface area contributed by atoms with Crippen LogP contribution in [0.3, 0.4) is 0 Å². The maximum Gasteiger partial charge on any atom is 0.263 e. The van der Waals surface area contributed by atoms with E-state index < -0.39 is 6.43 Å². The Labute approximate surface area is 81.2 Å². The molecule has 0 aliphatic heterocycles. The molecule has 0 N–H and O–H groups in total. The molecule has 0 heterocycles. The molecule has 0 unspecified atom stereocenters. The standard InChI is InChI=1S/C10H10F2NO/c1-2-14-13-7-8-3-5-9(6-4-8)10(11)12/h3-6,10H,2H2,1H3. The smallest absolute Gasteiger partial charge is 0.263 e. The lowest BCUT2D eigenvalue weighted by molar-refractivity contribution is 0.151. The van der Waals surface area contributed by atoms with Gasteiger partial charge in [-0.05, 0) is 6.92 Å². The van der Waals surface area contributed by atoms with E-state index in [9.17, 15) is 8.78 Å². The Morgan fingerprint density at radius 2 is 2.00 bits per heavy atom. The number of nitrogens with zero attached hydrogens (tertiary/aromatic N) is 1. The first-order valence-corrected chi connectivity index (χ1v) is 4.20. The van der Waals surface area contributed by atoms with Crippen LogP contribution in [0, 0.1) is 0 Å². The molecule has 1 aromatic carbocycles. The number of hydrogen-bond acceptors (Lipinski definition) is 2. The van der Waals surface area contributed by atoms with Gasteiger partial charge in [0.1, 0.15) is 12.8 Å². The van der Waals surface area contributed by atoms with Crippen LogP contribution in [0.1, 0.15) is 24.5 Å². The molecule has 0 aliphatic rings. The number of halogens is 2. The highest BCUT2D eigenvalue weighted by atomic mass is 19.3. The van der Waals surface area contributed by atoms with Gasteiger partial charge in [0.25, 0.3) is 6.43 Å². The van der Waals surface area contributed by atoms with Crippen LogP contribution in [0.5, 0.6) is 0 Å². The summed E-state index contributed by atoms with van der Waals surface area (Å²) in [6, 6.07) is 5.72. The van der Waals surface area contributed by atoms with Gasteiger partial charge >= 0.3 is 0 Å². The van der Waals surface area contributed by atoms with Crippen molar-refractivity contribution >= 4 is 6.21 Å². The minimum Gasteiger partial charge on any atom is -0.396 e. The average molecular weight is 198 g/mol. The van der Waals surface area contributed by atoms with E-state index in [-0.39, 0.29) is 5.56 Å². The molecule has 0 amide bonds. The Balaban J connectivity index is 2.64. The Morgan fingerprint density at radius 1 is 1.36 bits per heavy atom. The van der Waals surface area contributed by atoms with Crippen molar-refractivity contribution in [2.45, 2.75) is 13.3 Å². The molecule has 0 aromatic heterocycles. The molecule has 75 valence electrons. The van der Waals surface area contributed by atoms with Gasteiger partial charge in [0.2, 0.25) is 0 Å². The first kappa shape index (κ1) is 10.6. The van der Waals surface area contributed by atoms with E-state index in [1.807, 2.05) is 0 Å². The van der Waals surface area contributed by atoms with Crippen LogP contribution < -0.4 is 0 Å². The lowest BCUT2D eigenvalue weighted by Crippen LogP contribution is -1.87. The zero-order chi connectivity index (χ0) is 10.4. The summed E-state index contributed by atoms with van der Waals surface area (Å²) in [5, 5.41) is 3.50. The average Bonchev–Trinajstić information content (AvgIpc) is 2.19. The third kappa shape index (κ3) is 3.12. The van der Waals surface area contributed by atoms with E-state index in [0.29, 0.717) is 12.2 Å². The molecule has 0 bridgehead atoms. The number of benzene rings is 1. The summed E-state index contributed by atoms with van der Waals surface area (Å²) in [5.41, 5.74) is 0.606. The van der Waals surface area contributed by atoms with Crippen LogP contribution in [-0.4, -0.2) is 12.8 Å². The molecule has 1 rings (SSSR count). The third-order valence-electron chi connectivity index (χ3n) is 1.53. The number of hydrogen-bond donors (Lipinski definition) is 0. The summed E-state index contributed by atoms with van der Waals surface area (Å²) >= 11 is 0. The van der Waals surface area contributed by atoms with Crippen molar-refractivity contribution in [3.05, 3.63) is 35.4 Å². The van der Waals surface area contributed by atoms with Crippen molar-refractivity contribution in [2.24, 2.45) is 5.16 Å². The van der Waals surface area contributed by atoms with E-state index >= 15 is 0 Å². The summed E-state index contributed by atoms with van der Waals surface area (Å²) in [6.45, 7) is 2.26. The minimum absolute atomic E-state index is 0.00744. The van der Waals surface area contributed by atoms with E-state index in [4.69, 9.17) is 0 Å². The summed E-state index contributed by atoms with van der Waals surface area (Å²) < 4.78 is 24.3. The van der Waals surface area contributed by atoms with Gasteiger partial charge in [-0.3, -0.25) is 0 Å². The van der Waals surface area contributed by atoms with Crippen LogP contribution in [0.2, 0.25) is 0 Å². The van der Waals surface area contributed by atoms with Gasteiger partial charge in [-0.25, -0.2) is 8.78 Å². The molecular weight excluding hydrogens is 188 g/mol. The Kier molecular flexibility index (Phi) is 4.04. The molecule has 4 heteroatoms. The molecule has 2 nitrogen and oxygen atoms in total. The molecule has 0 aliphatic carbocycles. The van der Waals surface area contributed by atoms with Gasteiger partial charge in [-0.1, -0.05) is 29.4 Å². The van der Waals surface area contributed by atoms with Crippen LogP contribution >= 0.6 is 0 Å². The van der Waals surface area contributed by atoms with Crippen molar-refractivity contribution in [3.63, 3.8) is 0 Å². The second-order valence-electron chi connectivity index (χ2n) is 2.54. The maximum absolute atomic E-state index is 12.1. The monoisotopic (exact) mass is 198 g/mol. The van der Waals surface area contributed by atoms with Gasteiger partial charge in [-0.2, -0.15) is 0 Å². The summed E-state index contributed by atoms with van der Waals surface area (Å²) in [7, 11) is 0. The quantitative estimate of drug-likeness (QED) is 0.538. The van der Waals surface area contributed by atoms with Crippen molar-refractivity contribution < 1.29 is 13.6 Å². The fraction of sp³-hybridized carbons (Fsp3) is 0.300. The lowest BCUT2D eigenvalue weighted by Gasteiger charge is -1.98. The van der Waals surface area contributed by atoms with Crippen molar-refractivity contribution in [1.82, 2.24) is 0 Å². The van der Waals surface area contributed by atoms with E-state index in [1.165, 1.54) is 24.3 Å². The van der Waals surface area contributed by atoms with Crippen LogP contribution in [-0.2, 0) is 4.84 Å². The lowest BCUT2D eigenvalue weighted by atomic mass is 10.1. The summed E-state index contributed by atoms with van der Waals surface area (Å²) in [4.78, 5) is 4.68. The van der Waals surface area contributed by atoms with E-state index in [1.54, 1.807) is 6.92 Å². The SMILES string of the molecule is CCO/N=[C]/c1ccc(C(F)F)cc1. The molecule has 0 saturated carbocycles. The largest absolute Gasteiger partial charge is 0.396 e. The molecule has 1 aromatic rings. The molecule has 1 radical (unpaired) electrons. The maximum atomic E-state index is 12.1. The van der Waals surface area contributed by atoms with Gasteiger partial charge < -0.3 is 4.84 Å². The topological polar surface area (TPSA) is 21.6 Å². The zero-order valence-electron chi connectivity index (χ0n) is 7.71. The second kappa shape index (κ2) is 5.32. The molecule has 0 saturated heterocycles. The highest BCUT2D eigenvalue weighted by molar-refractivity contribution is 5.79. The molecule has 14 heavy (non-hydrogen) atoms. The highest BCUT2D eigenvalue weighted by Crippen LogP contribution is 2.18. The summed E-state index contributed by atoms with van der Waals surface area (Å²) in [6.07, 6.45) is 0.132. The van der Waals surface area contributed by atoms with Crippen LogP contribution in [0.4, 0.5) is 8.78 Å². The number of rotatable bonds is 4. The normalized spacial score (nSPS) is 11.1. The highest BCUT2D eigenvalue weighted by Gasteiger charge is 2.04. The second-order valence-corrected chi connectivity index (χ2v) is 2.54. The Hall–Kier alpha value is -1.45. The third-order valence-corrected chi connectivity index (χ3v) is 1.53. The van der Waals surface area contributed by atoms with Crippen LogP contribution in [0.15, 0.2) is 29.4 Å². The molecule has 0 atom stereocenters. The predicted molar refractivity (Wildman–Crippen MR) is 49.6 cm³/mol. The van der Waals surface area contributed by atoms with Crippen LogP contribution in [0.25, 0.3) is 0 Å². The minimum atomic E-state index is -2.44. The van der Waals surface area contributed by atoms with Gasteiger partial charge in [0.05, 0.1) is 0 Å². The Morgan fingerprint density at radius 3 is 2.50 bits per heavy atom. The van der Waals surface area contributed by atoms with Gasteiger partial charge in [0.15, 0.2) is 0 Å². The van der Waals surface area contributed by atoms with E-state index in [2.05, 4.69) is 16.2 Å². The van der Waals surface area contributed by atoms with Gasteiger partial charge in [0, 0.05) is 11.1 Å². The van der Waals surface area contributed by atoms with Gasteiger partial charge in [-0.15, -0.1) is 0 Å². The summed E-state index contributed by atoms with van der Waals surface area (Å²) in [5.74, 6) is 0. The predicted octanol–water partition coefficient (Wildman–Crippen LogP) is 2.87. The van der Waals surface area contributed by atoms with Crippen molar-refractivity contribution in [3.8, 4) is 0 Å². The Bertz CT molecular complexity index is 295. The fourth-order valence-electron chi connectivity index (χ4n) is 0.853. The number of alkyl halides is 2. The molecular formula is C10H10F2NO.